The van der Waals surface area contributed by atoms with Gasteiger partial charge < -0.3 is 19.6 Å². The van der Waals surface area contributed by atoms with Crippen LogP contribution in [0.1, 0.15) is 80.6 Å². The van der Waals surface area contributed by atoms with Gasteiger partial charge in [-0.05, 0) is 74.8 Å². The van der Waals surface area contributed by atoms with Crippen LogP contribution in [0, 0.1) is 5.92 Å². The predicted octanol–water partition coefficient (Wildman–Crippen LogP) is 3.83. The van der Waals surface area contributed by atoms with Gasteiger partial charge in [-0.15, -0.1) is 0 Å². The van der Waals surface area contributed by atoms with Crippen molar-refractivity contribution in [3.8, 4) is 0 Å². The van der Waals surface area contributed by atoms with E-state index in [1.165, 1.54) is 19.3 Å². The number of nitrogens with zero attached hydrogens (tertiary/aromatic N) is 3. The van der Waals surface area contributed by atoms with Crippen LogP contribution in [0.2, 0.25) is 0 Å². The van der Waals surface area contributed by atoms with Crippen LogP contribution >= 0.6 is 0 Å². The van der Waals surface area contributed by atoms with E-state index in [0.717, 1.165) is 82.6 Å². The van der Waals surface area contributed by atoms with E-state index in [0.29, 0.717) is 30.6 Å². The Kier molecular flexibility index (Phi) is 9.58. The molecular formula is C28H43N3O4. The van der Waals surface area contributed by atoms with Gasteiger partial charge in [0.25, 0.3) is 5.91 Å². The van der Waals surface area contributed by atoms with Crippen molar-refractivity contribution < 1.29 is 19.4 Å². The number of benzene rings is 1. The molecule has 194 valence electrons. The number of carbonyl (C=O) groups excluding carboxylic acids is 2. The average Bonchev–Trinajstić information content (AvgIpc) is 2.89. The van der Waals surface area contributed by atoms with E-state index >= 15 is 0 Å². The van der Waals surface area contributed by atoms with Crippen molar-refractivity contribution in [2.45, 2.75) is 77.3 Å². The Labute approximate surface area is 210 Å². The van der Waals surface area contributed by atoms with Gasteiger partial charge in [0.1, 0.15) is 0 Å². The molecule has 1 aromatic carbocycles. The first-order valence-corrected chi connectivity index (χ1v) is 13.7. The lowest BCUT2D eigenvalue weighted by molar-refractivity contribution is -0.116. The molecule has 0 bridgehead atoms. The summed E-state index contributed by atoms with van der Waals surface area (Å²) < 4.78 is 5.63. The van der Waals surface area contributed by atoms with Gasteiger partial charge in [0.15, 0.2) is 0 Å². The van der Waals surface area contributed by atoms with Crippen LogP contribution < -0.4 is 4.90 Å². The fourth-order valence-electron chi connectivity index (χ4n) is 5.83. The van der Waals surface area contributed by atoms with Crippen LogP contribution in [0.25, 0.3) is 0 Å². The van der Waals surface area contributed by atoms with Gasteiger partial charge in [-0.3, -0.25) is 14.5 Å². The number of hydrogen-bond acceptors (Lipinski definition) is 5. The second-order valence-corrected chi connectivity index (χ2v) is 10.5. The highest BCUT2D eigenvalue weighted by Crippen LogP contribution is 2.29. The highest BCUT2D eigenvalue weighted by molar-refractivity contribution is 5.97. The Balaban J connectivity index is 1.63. The highest BCUT2D eigenvalue weighted by atomic mass is 16.5. The summed E-state index contributed by atoms with van der Waals surface area (Å²) in [6, 6.07) is 6.42. The lowest BCUT2D eigenvalue weighted by Gasteiger charge is -2.36. The minimum Gasteiger partial charge on any atom is -0.396 e. The number of aliphatic hydroxyl groups excluding tert-OH is 1. The fourth-order valence-corrected chi connectivity index (χ4v) is 5.83. The largest absolute Gasteiger partial charge is 0.396 e. The van der Waals surface area contributed by atoms with Crippen LogP contribution in [-0.2, 0) is 16.1 Å². The van der Waals surface area contributed by atoms with Crippen molar-refractivity contribution in [1.82, 2.24) is 9.80 Å². The summed E-state index contributed by atoms with van der Waals surface area (Å²) in [6.45, 7) is 7.34. The molecule has 7 nitrogen and oxygen atoms in total. The molecule has 0 atom stereocenters. The van der Waals surface area contributed by atoms with Crippen LogP contribution in [0.4, 0.5) is 5.69 Å². The van der Waals surface area contributed by atoms with Crippen LogP contribution in [-0.4, -0.2) is 78.8 Å². The topological polar surface area (TPSA) is 73.3 Å². The zero-order valence-corrected chi connectivity index (χ0v) is 21.4. The molecule has 3 aliphatic heterocycles. The molecule has 1 aromatic rings. The molecule has 2 saturated heterocycles. The van der Waals surface area contributed by atoms with Crippen LogP contribution in [0.5, 0.6) is 0 Å². The molecule has 4 rings (SSSR count). The zero-order valence-electron chi connectivity index (χ0n) is 21.4. The number of hydrogen-bond donors (Lipinski definition) is 1. The second kappa shape index (κ2) is 12.8. The third kappa shape index (κ3) is 6.83. The SMILES string of the molecule is CC(=O)N1CCCCCCCN(C2CCOCC2)Cc2cc(C(=O)N3CCC(CO)CC3)ccc21. The van der Waals surface area contributed by atoms with Crippen molar-refractivity contribution in [1.29, 1.82) is 0 Å². The zero-order chi connectivity index (χ0) is 24.6. The van der Waals surface area contributed by atoms with E-state index in [-0.39, 0.29) is 18.4 Å². The Morgan fingerprint density at radius 1 is 0.943 bits per heavy atom. The summed E-state index contributed by atoms with van der Waals surface area (Å²) in [6.07, 6.45) is 9.51. The number of likely N-dealkylation sites (tertiary alicyclic amines) is 1. The van der Waals surface area contributed by atoms with E-state index in [1.807, 2.05) is 28.0 Å². The maximum Gasteiger partial charge on any atom is 0.253 e. The lowest BCUT2D eigenvalue weighted by Crippen LogP contribution is -2.41. The summed E-state index contributed by atoms with van der Waals surface area (Å²) in [5.74, 6) is 0.418. The van der Waals surface area contributed by atoms with E-state index in [2.05, 4.69) is 4.90 Å². The Morgan fingerprint density at radius 3 is 2.31 bits per heavy atom. The molecule has 2 amide bonds. The number of rotatable bonds is 3. The molecule has 2 fully saturated rings. The van der Waals surface area contributed by atoms with Gasteiger partial charge in [-0.25, -0.2) is 0 Å². The first kappa shape index (κ1) is 26.1. The van der Waals surface area contributed by atoms with Crippen molar-refractivity contribution >= 4 is 17.5 Å². The number of carbonyl (C=O) groups is 2. The van der Waals surface area contributed by atoms with Crippen molar-refractivity contribution in [2.75, 3.05) is 50.9 Å². The first-order valence-electron chi connectivity index (χ1n) is 13.7. The number of ether oxygens (including phenoxy) is 1. The molecule has 35 heavy (non-hydrogen) atoms. The normalized spacial score (nSPS) is 22.2. The molecule has 0 unspecified atom stereocenters. The maximum absolute atomic E-state index is 13.4. The summed E-state index contributed by atoms with van der Waals surface area (Å²) in [4.78, 5) is 32.5. The number of aliphatic hydroxyl groups is 1. The van der Waals surface area contributed by atoms with E-state index in [4.69, 9.17) is 4.74 Å². The minimum absolute atomic E-state index is 0.0577. The summed E-state index contributed by atoms with van der Waals surface area (Å²) >= 11 is 0. The molecule has 0 radical (unpaired) electrons. The van der Waals surface area contributed by atoms with Crippen molar-refractivity contribution in [3.05, 3.63) is 29.3 Å². The van der Waals surface area contributed by atoms with Crippen LogP contribution in [0.3, 0.4) is 0 Å². The van der Waals surface area contributed by atoms with Crippen molar-refractivity contribution in [3.63, 3.8) is 0 Å². The standard InChI is InChI=1S/C28H43N3O4/c1-22(33)31-14-6-4-2-3-5-13-30(26-11-17-35-18-12-26)20-25-19-24(7-8-27(25)31)28(34)29-15-9-23(21-32)10-16-29/h7-8,19,23,26,32H,2-6,9-18,20-21H2,1H3. The van der Waals surface area contributed by atoms with Crippen LogP contribution in [0.15, 0.2) is 18.2 Å². The Morgan fingerprint density at radius 2 is 1.63 bits per heavy atom. The number of piperidine rings is 1. The molecule has 0 aliphatic carbocycles. The quantitative estimate of drug-likeness (QED) is 0.705. The Bertz CT molecular complexity index is 847. The van der Waals surface area contributed by atoms with Crippen molar-refractivity contribution in [2.24, 2.45) is 5.92 Å². The lowest BCUT2D eigenvalue weighted by atomic mass is 9.96. The molecular weight excluding hydrogens is 442 g/mol. The minimum atomic E-state index is 0.0577. The molecule has 0 saturated carbocycles. The summed E-state index contributed by atoms with van der Waals surface area (Å²) in [5, 5.41) is 9.45. The number of amides is 2. The second-order valence-electron chi connectivity index (χ2n) is 10.5. The fraction of sp³-hybridized carbons (Fsp3) is 0.714. The third-order valence-corrected chi connectivity index (χ3v) is 8.06. The molecule has 7 heteroatoms. The maximum atomic E-state index is 13.4. The van der Waals surface area contributed by atoms with Gasteiger partial charge in [0, 0.05) is 70.2 Å². The summed E-state index contributed by atoms with van der Waals surface area (Å²) in [5.41, 5.74) is 2.72. The van der Waals surface area contributed by atoms with Gasteiger partial charge >= 0.3 is 0 Å². The first-order chi connectivity index (χ1) is 17.1. The predicted molar refractivity (Wildman–Crippen MR) is 138 cm³/mol. The van der Waals surface area contributed by atoms with Gasteiger partial charge in [-0.1, -0.05) is 19.3 Å². The summed E-state index contributed by atoms with van der Waals surface area (Å²) in [7, 11) is 0. The third-order valence-electron chi connectivity index (χ3n) is 8.06. The van der Waals surface area contributed by atoms with E-state index < -0.39 is 0 Å². The van der Waals surface area contributed by atoms with Gasteiger partial charge in [-0.2, -0.15) is 0 Å². The smallest absolute Gasteiger partial charge is 0.253 e. The monoisotopic (exact) mass is 485 g/mol. The van der Waals surface area contributed by atoms with Gasteiger partial charge in [0.05, 0.1) is 0 Å². The molecule has 3 heterocycles. The van der Waals surface area contributed by atoms with Gasteiger partial charge in [0.2, 0.25) is 5.91 Å². The average molecular weight is 486 g/mol. The molecule has 3 aliphatic rings. The highest BCUT2D eigenvalue weighted by Gasteiger charge is 2.27. The molecule has 0 aromatic heterocycles. The van der Waals surface area contributed by atoms with E-state index in [9.17, 15) is 14.7 Å². The molecule has 1 N–H and O–H groups in total. The number of anilines is 1. The Hall–Kier alpha value is -1.96. The van der Waals surface area contributed by atoms with E-state index in [1.54, 1.807) is 6.92 Å². The number of fused-ring (bicyclic) bond motifs is 1. The molecule has 0 spiro atoms.